The molecule has 0 aromatic rings. The minimum absolute atomic E-state index is 0.301. The van der Waals surface area contributed by atoms with Crippen molar-refractivity contribution < 1.29 is 14.7 Å². The van der Waals surface area contributed by atoms with Gasteiger partial charge in [-0.1, -0.05) is 6.42 Å². The van der Waals surface area contributed by atoms with Gasteiger partial charge < -0.3 is 9.64 Å². The van der Waals surface area contributed by atoms with Crippen LogP contribution >= 0.6 is 0 Å². The lowest BCUT2D eigenvalue weighted by Gasteiger charge is -2.28. The quantitative estimate of drug-likeness (QED) is 0.610. The lowest BCUT2D eigenvalue weighted by molar-refractivity contribution is -0.0969. The molecular formula is C12H24N2O3. The lowest BCUT2D eigenvalue weighted by Crippen LogP contribution is -2.41. The van der Waals surface area contributed by atoms with E-state index < -0.39 is 11.7 Å². The lowest BCUT2D eigenvalue weighted by atomic mass is 10.1. The van der Waals surface area contributed by atoms with E-state index in [2.05, 4.69) is 4.90 Å². The van der Waals surface area contributed by atoms with Crippen LogP contribution in [0.2, 0.25) is 0 Å². The predicted octanol–water partition coefficient (Wildman–Crippen LogP) is 2.10. The topological polar surface area (TPSA) is 53.0 Å². The van der Waals surface area contributed by atoms with Crippen LogP contribution in [-0.2, 0) is 4.74 Å². The van der Waals surface area contributed by atoms with Gasteiger partial charge >= 0.3 is 6.09 Å². The van der Waals surface area contributed by atoms with Gasteiger partial charge in [0.05, 0.1) is 6.54 Å². The molecule has 0 aromatic heterocycles. The van der Waals surface area contributed by atoms with Crippen LogP contribution < -0.4 is 0 Å². The van der Waals surface area contributed by atoms with E-state index in [-0.39, 0.29) is 0 Å². The van der Waals surface area contributed by atoms with Crippen molar-refractivity contribution >= 4 is 6.09 Å². The van der Waals surface area contributed by atoms with Gasteiger partial charge in [0, 0.05) is 6.54 Å². The Balaban J connectivity index is 2.23. The molecule has 0 saturated carbocycles. The van der Waals surface area contributed by atoms with Crippen molar-refractivity contribution in [2.45, 2.75) is 45.6 Å². The summed E-state index contributed by atoms with van der Waals surface area (Å²) in [7, 11) is 0. The molecular weight excluding hydrogens is 220 g/mol. The number of likely N-dealkylation sites (tertiary alicyclic amines) is 1. The second kappa shape index (κ2) is 6.21. The number of hydrogen-bond donors (Lipinski definition) is 1. The van der Waals surface area contributed by atoms with Crippen molar-refractivity contribution in [1.82, 2.24) is 9.96 Å². The van der Waals surface area contributed by atoms with Gasteiger partial charge in [0.1, 0.15) is 5.60 Å². The van der Waals surface area contributed by atoms with E-state index in [4.69, 9.17) is 4.74 Å². The third-order valence-electron chi connectivity index (χ3n) is 2.68. The van der Waals surface area contributed by atoms with Crippen molar-refractivity contribution in [2.24, 2.45) is 0 Å². The molecule has 0 aromatic carbocycles. The Bertz CT molecular complexity index is 245. The van der Waals surface area contributed by atoms with Crippen molar-refractivity contribution in [3.05, 3.63) is 0 Å². The Hall–Kier alpha value is -0.810. The fourth-order valence-electron chi connectivity index (χ4n) is 1.83. The molecule has 1 heterocycles. The van der Waals surface area contributed by atoms with Gasteiger partial charge in [0.25, 0.3) is 0 Å². The van der Waals surface area contributed by atoms with Crippen LogP contribution in [-0.4, -0.2) is 53.0 Å². The molecule has 1 aliphatic heterocycles. The molecule has 17 heavy (non-hydrogen) atoms. The molecule has 1 saturated heterocycles. The summed E-state index contributed by atoms with van der Waals surface area (Å²) in [5.41, 5.74) is -0.566. The average Bonchev–Trinajstić information content (AvgIpc) is 2.25. The van der Waals surface area contributed by atoms with Crippen LogP contribution in [0.1, 0.15) is 40.0 Å². The van der Waals surface area contributed by atoms with Gasteiger partial charge in [-0.3, -0.25) is 5.21 Å². The highest BCUT2D eigenvalue weighted by atomic mass is 16.6. The first kappa shape index (κ1) is 14.3. The second-order valence-corrected chi connectivity index (χ2v) is 5.51. The maximum absolute atomic E-state index is 11.5. The zero-order chi connectivity index (χ0) is 12.9. The van der Waals surface area contributed by atoms with E-state index in [1.54, 1.807) is 20.8 Å². The number of hydroxylamine groups is 2. The van der Waals surface area contributed by atoms with E-state index >= 15 is 0 Å². The summed E-state index contributed by atoms with van der Waals surface area (Å²) in [6.07, 6.45) is 3.02. The van der Waals surface area contributed by atoms with Gasteiger partial charge in [-0.2, -0.15) is 5.06 Å². The smallest absolute Gasteiger partial charge is 0.434 e. The van der Waals surface area contributed by atoms with E-state index in [1.807, 2.05) is 0 Å². The zero-order valence-electron chi connectivity index (χ0n) is 11.1. The van der Waals surface area contributed by atoms with Crippen molar-refractivity contribution in [1.29, 1.82) is 0 Å². The van der Waals surface area contributed by atoms with E-state index in [0.29, 0.717) is 18.2 Å². The van der Waals surface area contributed by atoms with Gasteiger partial charge in [-0.15, -0.1) is 0 Å². The van der Waals surface area contributed by atoms with Crippen molar-refractivity contribution in [2.75, 3.05) is 26.2 Å². The first-order valence-corrected chi connectivity index (χ1v) is 6.30. The third kappa shape index (κ3) is 5.89. The molecule has 5 heteroatoms. The third-order valence-corrected chi connectivity index (χ3v) is 2.68. The maximum Gasteiger partial charge on any atom is 0.434 e. The van der Waals surface area contributed by atoms with E-state index in [9.17, 15) is 10.0 Å². The number of nitrogens with zero attached hydrogens (tertiary/aromatic N) is 2. The average molecular weight is 244 g/mol. The first-order valence-electron chi connectivity index (χ1n) is 6.30. The summed E-state index contributed by atoms with van der Waals surface area (Å²) < 4.78 is 5.06. The summed E-state index contributed by atoms with van der Waals surface area (Å²) in [6, 6.07) is 0. The molecule has 1 rings (SSSR count). The standard InChI is InChI=1S/C12H24N2O3/c1-12(2,3)17-11(15)14(16)10-9-13-7-5-4-6-8-13/h16H,4-10H2,1-3H3. The predicted molar refractivity (Wildman–Crippen MR) is 65.0 cm³/mol. The molecule has 0 bridgehead atoms. The molecule has 0 radical (unpaired) electrons. The van der Waals surface area contributed by atoms with Gasteiger partial charge in [0.2, 0.25) is 0 Å². The first-order chi connectivity index (χ1) is 7.88. The van der Waals surface area contributed by atoms with Crippen LogP contribution in [0.3, 0.4) is 0 Å². The summed E-state index contributed by atoms with van der Waals surface area (Å²) in [5.74, 6) is 0. The Morgan fingerprint density at radius 2 is 1.88 bits per heavy atom. The molecule has 0 atom stereocenters. The maximum atomic E-state index is 11.5. The fraction of sp³-hybridized carbons (Fsp3) is 0.917. The molecule has 0 aliphatic carbocycles. The van der Waals surface area contributed by atoms with Gasteiger partial charge in [-0.25, -0.2) is 4.79 Å². The SMILES string of the molecule is CC(C)(C)OC(=O)N(O)CCN1CCCCC1. The van der Waals surface area contributed by atoms with Crippen LogP contribution in [0.4, 0.5) is 4.79 Å². The normalized spacial score (nSPS) is 17.9. The highest BCUT2D eigenvalue weighted by Gasteiger charge is 2.21. The monoisotopic (exact) mass is 244 g/mol. The Morgan fingerprint density at radius 1 is 1.29 bits per heavy atom. The molecule has 0 spiro atoms. The molecule has 5 nitrogen and oxygen atoms in total. The van der Waals surface area contributed by atoms with Crippen LogP contribution in [0, 0.1) is 0 Å². The van der Waals surface area contributed by atoms with Crippen molar-refractivity contribution in [3.8, 4) is 0 Å². The van der Waals surface area contributed by atoms with Crippen LogP contribution in [0.15, 0.2) is 0 Å². The number of carbonyl (C=O) groups excluding carboxylic acids is 1. The van der Waals surface area contributed by atoms with Gasteiger partial charge in [0.15, 0.2) is 0 Å². The fourth-order valence-corrected chi connectivity index (χ4v) is 1.83. The highest BCUT2D eigenvalue weighted by Crippen LogP contribution is 2.10. The minimum Gasteiger partial charge on any atom is -0.442 e. The molecule has 1 amide bonds. The minimum atomic E-state index is -0.672. The zero-order valence-corrected chi connectivity index (χ0v) is 11.1. The Morgan fingerprint density at radius 3 is 2.41 bits per heavy atom. The molecule has 1 aliphatic rings. The number of amides is 1. The largest absolute Gasteiger partial charge is 0.442 e. The molecule has 1 N–H and O–H groups in total. The molecule has 0 unspecified atom stereocenters. The Labute approximate surface area is 103 Å². The van der Waals surface area contributed by atoms with Gasteiger partial charge in [-0.05, 0) is 46.7 Å². The number of ether oxygens (including phenoxy) is 1. The van der Waals surface area contributed by atoms with E-state index in [0.717, 1.165) is 13.1 Å². The Kier molecular flexibility index (Phi) is 5.21. The summed E-state index contributed by atoms with van der Waals surface area (Å²) >= 11 is 0. The highest BCUT2D eigenvalue weighted by molar-refractivity contribution is 5.66. The molecule has 100 valence electrons. The number of hydrogen-bond acceptors (Lipinski definition) is 4. The number of rotatable bonds is 3. The summed E-state index contributed by atoms with van der Waals surface area (Å²) in [6.45, 7) is 8.46. The van der Waals surface area contributed by atoms with E-state index in [1.165, 1.54) is 19.3 Å². The summed E-state index contributed by atoms with van der Waals surface area (Å²) in [5, 5.41) is 10.2. The number of piperidine rings is 1. The second-order valence-electron chi connectivity index (χ2n) is 5.51. The number of carbonyl (C=O) groups is 1. The van der Waals surface area contributed by atoms with Crippen LogP contribution in [0.25, 0.3) is 0 Å². The summed E-state index contributed by atoms with van der Waals surface area (Å²) in [4.78, 5) is 13.7. The van der Waals surface area contributed by atoms with Crippen LogP contribution in [0.5, 0.6) is 0 Å². The van der Waals surface area contributed by atoms with Crippen molar-refractivity contribution in [3.63, 3.8) is 0 Å². The molecule has 1 fully saturated rings.